The van der Waals surface area contributed by atoms with Crippen LogP contribution in [0.15, 0.2) is 46.9 Å². The summed E-state index contributed by atoms with van der Waals surface area (Å²) < 4.78 is 2.53. The lowest BCUT2D eigenvalue weighted by molar-refractivity contribution is 0.0949. The molecule has 0 spiro atoms. The summed E-state index contributed by atoms with van der Waals surface area (Å²) in [5, 5.41) is 14.5. The van der Waals surface area contributed by atoms with Gasteiger partial charge in [-0.15, -0.1) is 5.10 Å². The van der Waals surface area contributed by atoms with E-state index in [1.165, 1.54) is 0 Å². The van der Waals surface area contributed by atoms with E-state index in [2.05, 4.69) is 36.8 Å². The molecule has 0 unspecified atom stereocenters. The second kappa shape index (κ2) is 6.92. The van der Waals surface area contributed by atoms with E-state index >= 15 is 0 Å². The number of carbonyl (C=O) groups is 1. The van der Waals surface area contributed by atoms with Gasteiger partial charge >= 0.3 is 0 Å². The third-order valence-electron chi connectivity index (χ3n) is 3.76. The second-order valence-electron chi connectivity index (χ2n) is 5.47. The maximum atomic E-state index is 12.3. The van der Waals surface area contributed by atoms with Crippen LogP contribution >= 0.6 is 15.9 Å². The lowest BCUT2D eigenvalue weighted by Crippen LogP contribution is -2.24. The Labute approximate surface area is 148 Å². The van der Waals surface area contributed by atoms with Crippen LogP contribution in [-0.2, 0) is 6.54 Å². The molecule has 3 rings (SSSR count). The van der Waals surface area contributed by atoms with Gasteiger partial charge in [-0.1, -0.05) is 28.1 Å². The molecule has 0 aliphatic rings. The minimum absolute atomic E-state index is 0.151. The van der Waals surface area contributed by atoms with E-state index in [0.717, 1.165) is 21.3 Å². The van der Waals surface area contributed by atoms with Crippen LogP contribution < -0.4 is 5.32 Å². The molecule has 1 amide bonds. The van der Waals surface area contributed by atoms with E-state index in [9.17, 15) is 4.79 Å². The molecule has 122 valence electrons. The third-order valence-corrected chi connectivity index (χ3v) is 4.26. The fourth-order valence-electron chi connectivity index (χ4n) is 2.27. The summed E-state index contributed by atoms with van der Waals surface area (Å²) in [5.74, 6) is 0.409. The molecule has 1 N–H and O–H groups in total. The van der Waals surface area contributed by atoms with E-state index < -0.39 is 0 Å². The Morgan fingerprint density at radius 1 is 1.17 bits per heavy atom. The maximum Gasteiger partial charge on any atom is 0.251 e. The van der Waals surface area contributed by atoms with Crippen LogP contribution in [0.25, 0.3) is 5.69 Å². The predicted octanol–water partition coefficient (Wildman–Crippen LogP) is 2.97. The van der Waals surface area contributed by atoms with Gasteiger partial charge in [0.15, 0.2) is 5.82 Å². The van der Waals surface area contributed by atoms with Gasteiger partial charge < -0.3 is 5.32 Å². The molecule has 0 saturated heterocycles. The van der Waals surface area contributed by atoms with E-state index in [1.54, 1.807) is 4.68 Å². The molecule has 0 aliphatic heterocycles. The first-order valence-electron chi connectivity index (χ1n) is 7.43. The summed E-state index contributed by atoms with van der Waals surface area (Å²) in [6.45, 7) is 4.24. The summed E-state index contributed by atoms with van der Waals surface area (Å²) in [7, 11) is 0. The fourth-order valence-corrected chi connectivity index (χ4v) is 2.66. The molecule has 3 aromatic rings. The van der Waals surface area contributed by atoms with Crippen molar-refractivity contribution in [2.75, 3.05) is 0 Å². The normalized spacial score (nSPS) is 10.6. The molecular formula is C17H16BrN5O. The van der Waals surface area contributed by atoms with Crippen molar-refractivity contribution in [2.45, 2.75) is 20.4 Å². The number of benzene rings is 2. The van der Waals surface area contributed by atoms with Crippen molar-refractivity contribution < 1.29 is 4.79 Å². The van der Waals surface area contributed by atoms with Crippen LogP contribution in [-0.4, -0.2) is 26.1 Å². The minimum Gasteiger partial charge on any atom is -0.345 e. The summed E-state index contributed by atoms with van der Waals surface area (Å²) in [6.07, 6.45) is 0. The summed E-state index contributed by atoms with van der Waals surface area (Å²) in [4.78, 5) is 12.3. The minimum atomic E-state index is -0.151. The Morgan fingerprint density at radius 2 is 2.00 bits per heavy atom. The van der Waals surface area contributed by atoms with Gasteiger partial charge in [0.25, 0.3) is 5.91 Å². The molecular weight excluding hydrogens is 370 g/mol. The van der Waals surface area contributed by atoms with Crippen LogP contribution in [0.4, 0.5) is 0 Å². The molecule has 0 aliphatic carbocycles. The van der Waals surface area contributed by atoms with Crippen molar-refractivity contribution in [2.24, 2.45) is 0 Å². The Balaban J connectivity index is 1.75. The van der Waals surface area contributed by atoms with Crippen LogP contribution in [0.2, 0.25) is 0 Å². The Hall–Kier alpha value is -2.54. The first kappa shape index (κ1) is 16.3. The Kier molecular flexibility index (Phi) is 4.71. The predicted molar refractivity (Wildman–Crippen MR) is 93.9 cm³/mol. The molecule has 0 fully saturated rings. The van der Waals surface area contributed by atoms with Gasteiger partial charge in [-0.3, -0.25) is 4.79 Å². The number of amides is 1. The highest BCUT2D eigenvalue weighted by Crippen LogP contribution is 2.15. The van der Waals surface area contributed by atoms with Gasteiger partial charge in [-0.25, -0.2) is 0 Å². The SMILES string of the molecule is Cc1ccc(C(=O)NCc2nnnn2-c2cccc(Br)c2)cc1C. The average molecular weight is 386 g/mol. The van der Waals surface area contributed by atoms with Crippen LogP contribution in [0, 0.1) is 13.8 Å². The number of halogens is 1. The van der Waals surface area contributed by atoms with Gasteiger partial charge in [0.1, 0.15) is 0 Å². The van der Waals surface area contributed by atoms with Gasteiger partial charge in [0.2, 0.25) is 0 Å². The Morgan fingerprint density at radius 3 is 2.75 bits per heavy atom. The zero-order valence-corrected chi connectivity index (χ0v) is 14.9. The van der Waals surface area contributed by atoms with Crippen molar-refractivity contribution >= 4 is 21.8 Å². The van der Waals surface area contributed by atoms with Crippen LogP contribution in [0.1, 0.15) is 27.3 Å². The number of aryl methyl sites for hydroxylation is 2. The zero-order valence-electron chi connectivity index (χ0n) is 13.3. The smallest absolute Gasteiger partial charge is 0.251 e. The van der Waals surface area contributed by atoms with Crippen molar-refractivity contribution in [1.82, 2.24) is 25.5 Å². The van der Waals surface area contributed by atoms with E-state index in [0.29, 0.717) is 11.4 Å². The van der Waals surface area contributed by atoms with Gasteiger partial charge in [0.05, 0.1) is 12.2 Å². The number of carbonyl (C=O) groups excluding carboxylic acids is 1. The lowest BCUT2D eigenvalue weighted by atomic mass is 10.1. The summed E-state index contributed by atoms with van der Waals surface area (Å²) in [6, 6.07) is 13.3. The molecule has 0 radical (unpaired) electrons. The van der Waals surface area contributed by atoms with Gasteiger partial charge in [0, 0.05) is 10.0 Å². The molecule has 2 aromatic carbocycles. The molecule has 0 bridgehead atoms. The number of hydrogen-bond acceptors (Lipinski definition) is 4. The summed E-state index contributed by atoms with van der Waals surface area (Å²) in [5.41, 5.74) is 3.69. The lowest BCUT2D eigenvalue weighted by Gasteiger charge is -2.08. The van der Waals surface area contributed by atoms with Crippen molar-refractivity contribution in [3.8, 4) is 5.69 Å². The molecule has 1 heterocycles. The number of rotatable bonds is 4. The van der Waals surface area contributed by atoms with Crippen LogP contribution in [0.3, 0.4) is 0 Å². The highest BCUT2D eigenvalue weighted by molar-refractivity contribution is 9.10. The first-order valence-corrected chi connectivity index (χ1v) is 8.22. The van der Waals surface area contributed by atoms with E-state index in [-0.39, 0.29) is 12.5 Å². The molecule has 6 nitrogen and oxygen atoms in total. The number of aromatic nitrogens is 4. The zero-order chi connectivity index (χ0) is 17.1. The third kappa shape index (κ3) is 3.51. The average Bonchev–Trinajstić information content (AvgIpc) is 3.03. The van der Waals surface area contributed by atoms with Crippen molar-refractivity contribution in [3.05, 3.63) is 69.5 Å². The highest BCUT2D eigenvalue weighted by Gasteiger charge is 2.11. The molecule has 0 atom stereocenters. The fraction of sp³-hybridized carbons (Fsp3) is 0.176. The first-order chi connectivity index (χ1) is 11.5. The Bertz CT molecular complexity index is 890. The number of nitrogens with zero attached hydrogens (tertiary/aromatic N) is 4. The molecule has 7 heteroatoms. The number of tetrazole rings is 1. The standard InChI is InChI=1S/C17H16BrN5O/c1-11-6-7-13(8-12(11)2)17(24)19-10-16-20-21-22-23(16)15-5-3-4-14(18)9-15/h3-9H,10H2,1-2H3,(H,19,24). The molecule has 0 saturated carbocycles. The van der Waals surface area contributed by atoms with E-state index in [1.807, 2.05) is 56.3 Å². The number of nitrogens with one attached hydrogen (secondary N) is 1. The van der Waals surface area contributed by atoms with Gasteiger partial charge in [-0.05, 0) is 65.7 Å². The summed E-state index contributed by atoms with van der Waals surface area (Å²) >= 11 is 3.43. The van der Waals surface area contributed by atoms with Crippen LogP contribution in [0.5, 0.6) is 0 Å². The molecule has 1 aromatic heterocycles. The number of hydrogen-bond donors (Lipinski definition) is 1. The monoisotopic (exact) mass is 385 g/mol. The van der Waals surface area contributed by atoms with E-state index in [4.69, 9.17) is 0 Å². The molecule has 24 heavy (non-hydrogen) atoms. The van der Waals surface area contributed by atoms with Crippen molar-refractivity contribution in [1.29, 1.82) is 0 Å². The van der Waals surface area contributed by atoms with Gasteiger partial charge in [-0.2, -0.15) is 4.68 Å². The van der Waals surface area contributed by atoms with Crippen molar-refractivity contribution in [3.63, 3.8) is 0 Å². The highest BCUT2D eigenvalue weighted by atomic mass is 79.9. The topological polar surface area (TPSA) is 72.7 Å². The second-order valence-corrected chi connectivity index (χ2v) is 6.38. The quantitative estimate of drug-likeness (QED) is 0.748. The maximum absolute atomic E-state index is 12.3. The largest absolute Gasteiger partial charge is 0.345 e.